The van der Waals surface area contributed by atoms with E-state index in [-0.39, 0.29) is 35.1 Å². The van der Waals surface area contributed by atoms with Crippen LogP contribution < -0.4 is 11.1 Å². The first-order valence-electron chi connectivity index (χ1n) is 7.95. The molecule has 1 aliphatic heterocycles. The van der Waals surface area contributed by atoms with E-state index in [0.29, 0.717) is 10.6 Å². The molecule has 13 heteroatoms. The van der Waals surface area contributed by atoms with Gasteiger partial charge in [-0.15, -0.1) is 0 Å². The maximum absolute atomic E-state index is 13.7. The minimum Gasteiger partial charge on any atom is -0.323 e. The smallest absolute Gasteiger partial charge is 0.323 e. The lowest BCUT2D eigenvalue weighted by atomic mass is 9.96. The Morgan fingerprint density at radius 2 is 2.00 bits per heavy atom. The predicted octanol–water partition coefficient (Wildman–Crippen LogP) is 1.52. The number of halogens is 3. The van der Waals surface area contributed by atoms with Crippen LogP contribution in [0.25, 0.3) is 16.7 Å². The zero-order valence-corrected chi connectivity index (χ0v) is 14.7. The first-order chi connectivity index (χ1) is 13.0. The Morgan fingerprint density at radius 1 is 1.29 bits per heavy atom. The summed E-state index contributed by atoms with van der Waals surface area (Å²) in [4.78, 5) is 49.4. The van der Waals surface area contributed by atoms with Crippen molar-refractivity contribution in [2.75, 3.05) is 0 Å². The van der Waals surface area contributed by atoms with Crippen LogP contribution in [-0.4, -0.2) is 28.9 Å². The number of alkyl halides is 3. The Kier molecular flexibility index (Phi) is 3.93. The molecule has 0 fully saturated rings. The van der Waals surface area contributed by atoms with Crippen LogP contribution in [0.5, 0.6) is 0 Å². The molecule has 1 unspecified atom stereocenters. The number of H-pyrrole nitrogens is 1. The number of hydrogen-bond acceptors (Lipinski definition) is 4. The molecule has 2 aromatic heterocycles. The SMILES string of the molecule is O=c1[nH]c2cc(C(F)(F)F)c(-n3ccnc3)c3c2n(c1=O)C(P(=O)(O)O)CC3. The van der Waals surface area contributed by atoms with Crippen molar-refractivity contribution in [2.45, 2.75) is 24.8 Å². The van der Waals surface area contributed by atoms with Crippen LogP contribution in [0.4, 0.5) is 13.2 Å². The van der Waals surface area contributed by atoms with Gasteiger partial charge in [0.25, 0.3) is 0 Å². The maximum Gasteiger partial charge on any atom is 0.418 e. The van der Waals surface area contributed by atoms with Crippen molar-refractivity contribution < 1.29 is 27.5 Å². The van der Waals surface area contributed by atoms with Crippen molar-refractivity contribution in [3.63, 3.8) is 0 Å². The molecule has 1 aromatic carbocycles. The average Bonchev–Trinajstić information content (AvgIpc) is 3.11. The molecular formula is C15H12F3N4O5P. The van der Waals surface area contributed by atoms with Gasteiger partial charge >= 0.3 is 24.9 Å². The Morgan fingerprint density at radius 3 is 2.57 bits per heavy atom. The lowest BCUT2D eigenvalue weighted by Gasteiger charge is -2.30. The molecule has 3 heterocycles. The van der Waals surface area contributed by atoms with Gasteiger partial charge in [-0.1, -0.05) is 0 Å². The Bertz CT molecular complexity index is 1260. The molecule has 28 heavy (non-hydrogen) atoms. The van der Waals surface area contributed by atoms with Gasteiger partial charge in [0, 0.05) is 18.0 Å². The molecule has 0 spiro atoms. The van der Waals surface area contributed by atoms with Gasteiger partial charge in [0.2, 0.25) is 0 Å². The molecule has 0 radical (unpaired) electrons. The molecule has 1 aliphatic rings. The summed E-state index contributed by atoms with van der Waals surface area (Å²) in [5, 5.41) is 0. The zero-order chi connectivity index (χ0) is 20.4. The second kappa shape index (κ2) is 5.90. The van der Waals surface area contributed by atoms with Gasteiger partial charge in [-0.3, -0.25) is 18.7 Å². The molecule has 1 atom stereocenters. The van der Waals surface area contributed by atoms with Gasteiger partial charge in [-0.05, 0) is 18.9 Å². The third-order valence-corrected chi connectivity index (χ3v) is 5.95. The predicted molar refractivity (Wildman–Crippen MR) is 90.4 cm³/mol. The minimum absolute atomic E-state index is 0.0425. The number of aromatic nitrogens is 4. The number of nitrogens with one attached hydrogen (secondary N) is 1. The Hall–Kier alpha value is -2.69. The van der Waals surface area contributed by atoms with Crippen molar-refractivity contribution in [3.05, 3.63) is 56.6 Å². The molecule has 0 saturated heterocycles. The fraction of sp³-hybridized carbons (Fsp3) is 0.267. The lowest BCUT2D eigenvalue weighted by molar-refractivity contribution is -0.137. The number of aryl methyl sites for hydroxylation is 1. The zero-order valence-electron chi connectivity index (χ0n) is 13.8. The van der Waals surface area contributed by atoms with Gasteiger partial charge in [-0.2, -0.15) is 13.2 Å². The van der Waals surface area contributed by atoms with E-state index in [2.05, 4.69) is 9.97 Å². The third-order valence-electron chi connectivity index (χ3n) is 4.68. The molecule has 4 rings (SSSR count). The highest BCUT2D eigenvalue weighted by atomic mass is 31.2. The first-order valence-corrected chi connectivity index (χ1v) is 9.63. The number of rotatable bonds is 2. The summed E-state index contributed by atoms with van der Waals surface area (Å²) in [7, 11) is -4.86. The van der Waals surface area contributed by atoms with E-state index in [1.807, 2.05) is 0 Å². The molecule has 3 N–H and O–H groups in total. The molecule has 0 amide bonds. The fourth-order valence-corrected chi connectivity index (χ4v) is 4.61. The van der Waals surface area contributed by atoms with Gasteiger partial charge in [0.15, 0.2) is 0 Å². The average molecular weight is 416 g/mol. The largest absolute Gasteiger partial charge is 0.418 e. The third kappa shape index (κ3) is 2.72. The first kappa shape index (κ1) is 18.7. The molecule has 148 valence electrons. The minimum atomic E-state index is -4.86. The second-order valence-electron chi connectivity index (χ2n) is 6.35. The van der Waals surface area contributed by atoms with E-state index in [1.54, 1.807) is 0 Å². The summed E-state index contributed by atoms with van der Waals surface area (Å²) in [6.45, 7) is 0. The lowest BCUT2D eigenvalue weighted by Crippen LogP contribution is -2.40. The van der Waals surface area contributed by atoms with Crippen molar-refractivity contribution in [1.82, 2.24) is 19.1 Å². The summed E-state index contributed by atoms with van der Waals surface area (Å²) >= 11 is 0. The molecule has 0 bridgehead atoms. The van der Waals surface area contributed by atoms with Crippen LogP contribution in [-0.2, 0) is 17.2 Å². The van der Waals surface area contributed by atoms with Crippen LogP contribution in [0.15, 0.2) is 34.4 Å². The molecule has 0 saturated carbocycles. The van der Waals surface area contributed by atoms with Gasteiger partial charge in [0.1, 0.15) is 5.78 Å². The number of imidazole rings is 1. The van der Waals surface area contributed by atoms with E-state index in [4.69, 9.17) is 0 Å². The van der Waals surface area contributed by atoms with Gasteiger partial charge < -0.3 is 19.3 Å². The van der Waals surface area contributed by atoms with Crippen molar-refractivity contribution in [2.24, 2.45) is 0 Å². The summed E-state index contributed by atoms with van der Waals surface area (Å²) < 4.78 is 54.8. The molecule has 0 aliphatic carbocycles. The molecule has 9 nitrogen and oxygen atoms in total. The highest BCUT2D eigenvalue weighted by Crippen LogP contribution is 2.54. The maximum atomic E-state index is 13.7. The topological polar surface area (TPSA) is 130 Å². The van der Waals surface area contributed by atoms with Crippen LogP contribution in [0.2, 0.25) is 0 Å². The summed E-state index contributed by atoms with van der Waals surface area (Å²) in [5.41, 5.74) is -4.29. The van der Waals surface area contributed by atoms with E-state index in [0.717, 1.165) is 10.9 Å². The van der Waals surface area contributed by atoms with Gasteiger partial charge in [0.05, 0.1) is 28.6 Å². The van der Waals surface area contributed by atoms with E-state index >= 15 is 0 Å². The van der Waals surface area contributed by atoms with E-state index in [1.165, 1.54) is 12.4 Å². The molecular weight excluding hydrogens is 404 g/mol. The second-order valence-corrected chi connectivity index (χ2v) is 8.13. The monoisotopic (exact) mass is 416 g/mol. The molecule has 3 aromatic rings. The Labute approximate surface area is 153 Å². The normalized spacial score (nSPS) is 17.2. The standard InChI is InChI=1S/C15H12F3N4O5P/c16-15(17,18)8-5-9-12-7(11(8)21-4-3-19-6-21)1-2-10(28(25,26)27)22(12)14(24)13(23)20-9/h3-6,10H,1-2H2,(H,20,23)(H2,25,26,27). The highest BCUT2D eigenvalue weighted by Gasteiger charge is 2.41. The number of hydrogen-bond donors (Lipinski definition) is 3. The number of aromatic amines is 1. The van der Waals surface area contributed by atoms with Crippen molar-refractivity contribution in [1.29, 1.82) is 0 Å². The summed E-state index contributed by atoms with van der Waals surface area (Å²) in [6, 6.07) is 0.660. The van der Waals surface area contributed by atoms with Crippen LogP contribution in [0.1, 0.15) is 23.3 Å². The van der Waals surface area contributed by atoms with Crippen molar-refractivity contribution >= 4 is 18.6 Å². The highest BCUT2D eigenvalue weighted by molar-refractivity contribution is 7.51. The van der Waals surface area contributed by atoms with Crippen LogP contribution in [0.3, 0.4) is 0 Å². The number of benzene rings is 1. The van der Waals surface area contributed by atoms with E-state index < -0.39 is 36.2 Å². The van der Waals surface area contributed by atoms with Gasteiger partial charge in [-0.25, -0.2) is 4.98 Å². The number of nitrogens with zero attached hydrogens (tertiary/aromatic N) is 3. The quantitative estimate of drug-likeness (QED) is 0.429. The van der Waals surface area contributed by atoms with Crippen molar-refractivity contribution in [3.8, 4) is 5.69 Å². The van der Waals surface area contributed by atoms with Crippen LogP contribution >= 0.6 is 7.60 Å². The van der Waals surface area contributed by atoms with E-state index in [9.17, 15) is 37.1 Å². The Balaban J connectivity index is 2.24. The fourth-order valence-electron chi connectivity index (χ4n) is 3.62. The summed E-state index contributed by atoms with van der Waals surface area (Å²) in [5.74, 6) is -1.63. The van der Waals surface area contributed by atoms with Crippen LogP contribution in [0, 0.1) is 0 Å². The summed E-state index contributed by atoms with van der Waals surface area (Å²) in [6.07, 6.45) is -1.53.